The summed E-state index contributed by atoms with van der Waals surface area (Å²) in [6.45, 7) is 3.23. The lowest BCUT2D eigenvalue weighted by atomic mass is 10.0. The van der Waals surface area contributed by atoms with E-state index in [1.807, 2.05) is 24.3 Å². The number of carbonyl (C=O) groups is 1. The Balaban J connectivity index is 1.76. The van der Waals surface area contributed by atoms with Gasteiger partial charge in [-0.1, -0.05) is 30.7 Å². The third-order valence-corrected chi connectivity index (χ3v) is 4.72. The molecule has 2 atom stereocenters. The molecule has 0 saturated carbocycles. The minimum Gasteiger partial charge on any atom is -0.484 e. The summed E-state index contributed by atoms with van der Waals surface area (Å²) in [6.07, 6.45) is -0.670. The third-order valence-electron chi connectivity index (χ3n) is 3.72. The first-order chi connectivity index (χ1) is 12.0. The first-order valence-electron chi connectivity index (χ1n) is 7.92. The van der Waals surface area contributed by atoms with Crippen molar-refractivity contribution in [3.63, 3.8) is 0 Å². The van der Waals surface area contributed by atoms with Gasteiger partial charge < -0.3 is 20.5 Å². The Kier molecular flexibility index (Phi) is 7.64. The van der Waals surface area contributed by atoms with Gasteiger partial charge in [-0.05, 0) is 23.6 Å². The number of thiazole rings is 1. The van der Waals surface area contributed by atoms with E-state index in [1.165, 1.54) is 11.3 Å². The normalized spacial score (nSPS) is 13.3. The maximum atomic E-state index is 11.2. The number of hydrogen-bond donors (Lipinski definition) is 3. The van der Waals surface area contributed by atoms with Gasteiger partial charge in [0.25, 0.3) is 5.91 Å². The van der Waals surface area contributed by atoms with E-state index in [1.54, 1.807) is 12.4 Å². The molecule has 0 radical (unpaired) electrons. The number of halogens is 1. The lowest BCUT2D eigenvalue weighted by Crippen LogP contribution is -2.26. The first-order valence-corrected chi connectivity index (χ1v) is 9.18. The smallest absolute Gasteiger partial charge is 0.257 e. The first kappa shape index (κ1) is 19.7. The number of carbonyl (C=O) groups excluding carboxylic acids is 1. The molecule has 0 saturated heterocycles. The van der Waals surface area contributed by atoms with Crippen molar-refractivity contribution in [3.05, 3.63) is 45.4 Å². The molecule has 1 amide bonds. The Morgan fingerprint density at radius 2 is 2.08 bits per heavy atom. The number of amides is 1. The van der Waals surface area contributed by atoms with Gasteiger partial charge in [0, 0.05) is 25.5 Å². The summed E-state index contributed by atoms with van der Waals surface area (Å²) in [6, 6.07) is 7.64. The van der Waals surface area contributed by atoms with E-state index in [2.05, 4.69) is 22.5 Å². The minimum absolute atomic E-state index is 0.00544. The number of rotatable bonds is 9. The zero-order valence-corrected chi connectivity index (χ0v) is 15.7. The van der Waals surface area contributed by atoms with Crippen LogP contribution >= 0.6 is 22.9 Å². The Morgan fingerprint density at radius 1 is 1.36 bits per heavy atom. The van der Waals surface area contributed by atoms with Crippen molar-refractivity contribution in [1.82, 2.24) is 15.6 Å². The second-order valence-corrected chi connectivity index (χ2v) is 7.07. The van der Waals surface area contributed by atoms with Gasteiger partial charge in [0.2, 0.25) is 0 Å². The average Bonchev–Trinajstić information content (AvgIpc) is 3.06. The van der Waals surface area contributed by atoms with E-state index in [0.29, 0.717) is 29.0 Å². The van der Waals surface area contributed by atoms with Gasteiger partial charge in [0.15, 0.2) is 11.1 Å². The van der Waals surface area contributed by atoms with E-state index in [0.717, 1.165) is 5.56 Å². The van der Waals surface area contributed by atoms with E-state index in [4.69, 9.17) is 16.3 Å². The number of aliphatic hydroxyl groups excluding tert-OH is 1. The molecular weight excluding hydrogens is 362 g/mol. The molecule has 25 heavy (non-hydrogen) atoms. The van der Waals surface area contributed by atoms with Crippen molar-refractivity contribution < 1.29 is 14.6 Å². The number of benzene rings is 1. The van der Waals surface area contributed by atoms with Crippen LogP contribution in [0.5, 0.6) is 5.75 Å². The molecule has 2 rings (SSSR count). The van der Waals surface area contributed by atoms with Crippen LogP contribution < -0.4 is 15.4 Å². The molecule has 136 valence electrons. The summed E-state index contributed by atoms with van der Waals surface area (Å²) in [5.74, 6) is 0.754. The number of likely N-dealkylation sites (N-methyl/N-ethyl adjacent to an activating group) is 1. The number of aliphatic hydroxyl groups is 1. The van der Waals surface area contributed by atoms with Crippen LogP contribution in [0, 0.1) is 0 Å². The van der Waals surface area contributed by atoms with E-state index in [-0.39, 0.29) is 18.4 Å². The second kappa shape index (κ2) is 9.72. The van der Waals surface area contributed by atoms with Crippen LogP contribution in [-0.2, 0) is 4.79 Å². The maximum absolute atomic E-state index is 11.2. The van der Waals surface area contributed by atoms with Crippen LogP contribution in [0.1, 0.15) is 30.2 Å². The van der Waals surface area contributed by atoms with Gasteiger partial charge in [-0.3, -0.25) is 4.79 Å². The SMILES string of the molecule is CNC(=O)COc1ccc(C(C)CNCC(O)c2csc(Cl)n2)cc1. The predicted molar refractivity (Wildman–Crippen MR) is 99.4 cm³/mol. The highest BCUT2D eigenvalue weighted by atomic mass is 35.5. The maximum Gasteiger partial charge on any atom is 0.257 e. The van der Waals surface area contributed by atoms with Gasteiger partial charge in [-0.25, -0.2) is 4.98 Å². The Morgan fingerprint density at radius 3 is 2.68 bits per heavy atom. The van der Waals surface area contributed by atoms with Crippen LogP contribution in [0.25, 0.3) is 0 Å². The van der Waals surface area contributed by atoms with Crippen molar-refractivity contribution in [3.8, 4) is 5.75 Å². The highest BCUT2D eigenvalue weighted by Gasteiger charge is 2.12. The van der Waals surface area contributed by atoms with Crippen molar-refractivity contribution in [1.29, 1.82) is 0 Å². The van der Waals surface area contributed by atoms with Gasteiger partial charge in [-0.2, -0.15) is 0 Å². The highest BCUT2D eigenvalue weighted by molar-refractivity contribution is 7.13. The van der Waals surface area contributed by atoms with Crippen LogP contribution in [0.3, 0.4) is 0 Å². The molecule has 1 aromatic carbocycles. The quantitative estimate of drug-likeness (QED) is 0.619. The van der Waals surface area contributed by atoms with Gasteiger partial charge in [-0.15, -0.1) is 11.3 Å². The number of nitrogens with one attached hydrogen (secondary N) is 2. The molecule has 0 fully saturated rings. The molecule has 1 heterocycles. The monoisotopic (exact) mass is 383 g/mol. The van der Waals surface area contributed by atoms with Crippen molar-refractivity contribution in [2.75, 3.05) is 26.7 Å². The molecule has 6 nitrogen and oxygen atoms in total. The minimum atomic E-state index is -0.670. The molecule has 0 spiro atoms. The Labute approximate surface area is 156 Å². The predicted octanol–water partition coefficient (Wildman–Crippen LogP) is 2.35. The number of ether oxygens (including phenoxy) is 1. The van der Waals surface area contributed by atoms with E-state index < -0.39 is 6.10 Å². The number of hydrogen-bond acceptors (Lipinski definition) is 6. The van der Waals surface area contributed by atoms with Gasteiger partial charge >= 0.3 is 0 Å². The van der Waals surface area contributed by atoms with Crippen LogP contribution in [0.15, 0.2) is 29.6 Å². The molecule has 0 aliphatic carbocycles. The van der Waals surface area contributed by atoms with E-state index >= 15 is 0 Å². The highest BCUT2D eigenvalue weighted by Crippen LogP contribution is 2.21. The lowest BCUT2D eigenvalue weighted by molar-refractivity contribution is -0.122. The number of nitrogens with zero attached hydrogens (tertiary/aromatic N) is 1. The topological polar surface area (TPSA) is 83.5 Å². The fourth-order valence-corrected chi connectivity index (χ4v) is 3.01. The largest absolute Gasteiger partial charge is 0.484 e. The van der Waals surface area contributed by atoms with Gasteiger partial charge in [0.05, 0.1) is 5.69 Å². The molecule has 0 aliphatic heterocycles. The van der Waals surface area contributed by atoms with Gasteiger partial charge in [0.1, 0.15) is 11.9 Å². The lowest BCUT2D eigenvalue weighted by Gasteiger charge is -2.15. The zero-order valence-electron chi connectivity index (χ0n) is 14.2. The summed E-state index contributed by atoms with van der Waals surface area (Å²) < 4.78 is 5.81. The fraction of sp³-hybridized carbons (Fsp3) is 0.412. The second-order valence-electron chi connectivity index (χ2n) is 5.63. The number of aromatic nitrogens is 1. The molecule has 1 aromatic heterocycles. The summed E-state index contributed by atoms with van der Waals surface area (Å²) >= 11 is 7.08. The van der Waals surface area contributed by atoms with Crippen molar-refractivity contribution >= 4 is 28.8 Å². The average molecular weight is 384 g/mol. The van der Waals surface area contributed by atoms with Crippen LogP contribution in [0.4, 0.5) is 0 Å². The molecule has 2 aromatic rings. The molecule has 0 bridgehead atoms. The third kappa shape index (κ3) is 6.28. The Bertz CT molecular complexity index is 678. The molecular formula is C17H22ClN3O3S. The van der Waals surface area contributed by atoms with Crippen LogP contribution in [0.2, 0.25) is 4.47 Å². The van der Waals surface area contributed by atoms with Crippen LogP contribution in [-0.4, -0.2) is 42.7 Å². The Hall–Kier alpha value is -1.67. The fourth-order valence-electron chi connectivity index (χ4n) is 2.19. The molecule has 3 N–H and O–H groups in total. The summed E-state index contributed by atoms with van der Waals surface area (Å²) in [5, 5.41) is 17.6. The summed E-state index contributed by atoms with van der Waals surface area (Å²) in [4.78, 5) is 15.2. The summed E-state index contributed by atoms with van der Waals surface area (Å²) in [5.41, 5.74) is 1.73. The van der Waals surface area contributed by atoms with Crippen molar-refractivity contribution in [2.45, 2.75) is 18.9 Å². The van der Waals surface area contributed by atoms with E-state index in [9.17, 15) is 9.90 Å². The van der Waals surface area contributed by atoms with Crippen molar-refractivity contribution in [2.24, 2.45) is 0 Å². The standard InChI is InChI=1S/C17H22ClN3O3S/c1-11(7-20-8-15(22)14-10-25-17(18)21-14)12-3-5-13(6-4-12)24-9-16(23)19-2/h3-6,10-11,15,20,22H,7-9H2,1-2H3,(H,19,23). The molecule has 0 aliphatic rings. The summed E-state index contributed by atoms with van der Waals surface area (Å²) in [7, 11) is 1.57. The zero-order chi connectivity index (χ0) is 18.2. The molecule has 8 heteroatoms. The molecule has 2 unspecified atom stereocenters.